The number of ether oxygens (including phenoxy) is 1. The molecule has 1 aromatic carbocycles. The van der Waals surface area contributed by atoms with E-state index in [2.05, 4.69) is 55.6 Å². The third kappa shape index (κ3) is 5.27. The summed E-state index contributed by atoms with van der Waals surface area (Å²) >= 11 is 0. The van der Waals surface area contributed by atoms with Crippen LogP contribution in [0.4, 0.5) is 5.82 Å². The Bertz CT molecular complexity index is 806. The molecule has 7 nitrogen and oxygen atoms in total. The average Bonchev–Trinajstić information content (AvgIpc) is 2.81. The highest BCUT2D eigenvalue weighted by Gasteiger charge is 2.29. The smallest absolute Gasteiger partial charge is 0.233 e. The Morgan fingerprint density at radius 2 is 1.87 bits per heavy atom. The van der Waals surface area contributed by atoms with Gasteiger partial charge in [0.15, 0.2) is 5.82 Å². The molecule has 1 atom stereocenters. The van der Waals surface area contributed by atoms with Gasteiger partial charge in [-0.2, -0.15) is 0 Å². The highest BCUT2D eigenvalue weighted by atomic mass is 16.5. The number of amides is 1. The number of nitrogens with zero attached hydrogens (tertiary/aromatic N) is 4. The number of nitrogens with one attached hydrogen (secondary N) is 1. The van der Waals surface area contributed by atoms with E-state index in [-0.39, 0.29) is 17.9 Å². The van der Waals surface area contributed by atoms with Crippen LogP contribution in [-0.2, 0) is 11.3 Å². The lowest BCUT2D eigenvalue weighted by atomic mass is 9.95. The van der Waals surface area contributed by atoms with Crippen molar-refractivity contribution in [2.75, 3.05) is 38.2 Å². The zero-order chi connectivity index (χ0) is 20.8. The summed E-state index contributed by atoms with van der Waals surface area (Å²) in [5.74, 6) is 1.50. The Morgan fingerprint density at radius 1 is 1.07 bits per heavy atom. The van der Waals surface area contributed by atoms with Crippen molar-refractivity contribution in [2.45, 2.75) is 38.3 Å². The van der Waals surface area contributed by atoms with Crippen molar-refractivity contribution in [2.24, 2.45) is 5.92 Å². The maximum absolute atomic E-state index is 12.9. The monoisotopic (exact) mass is 409 g/mol. The fourth-order valence-electron chi connectivity index (χ4n) is 4.39. The first-order chi connectivity index (χ1) is 14.7. The van der Waals surface area contributed by atoms with Gasteiger partial charge in [0.1, 0.15) is 0 Å². The summed E-state index contributed by atoms with van der Waals surface area (Å²) < 4.78 is 5.08. The number of hydrogen-bond acceptors (Lipinski definition) is 6. The van der Waals surface area contributed by atoms with Crippen molar-refractivity contribution in [1.82, 2.24) is 20.4 Å². The van der Waals surface area contributed by atoms with Crippen LogP contribution in [0.5, 0.6) is 5.88 Å². The van der Waals surface area contributed by atoms with Crippen LogP contribution in [-0.4, -0.2) is 60.3 Å². The number of aromatic nitrogens is 2. The molecule has 2 fully saturated rings. The fraction of sp³-hybridized carbons (Fsp3) is 0.522. The summed E-state index contributed by atoms with van der Waals surface area (Å²) in [5.41, 5.74) is 1.35. The predicted octanol–water partition coefficient (Wildman–Crippen LogP) is 2.48. The van der Waals surface area contributed by atoms with Gasteiger partial charge in [-0.25, -0.2) is 0 Å². The second kappa shape index (κ2) is 9.89. The summed E-state index contributed by atoms with van der Waals surface area (Å²) in [5, 5.41) is 11.6. The molecule has 0 radical (unpaired) electrons. The first-order valence-corrected chi connectivity index (χ1v) is 10.9. The quantitative estimate of drug-likeness (QED) is 0.790. The molecule has 3 heterocycles. The normalized spacial score (nSPS) is 20.7. The van der Waals surface area contributed by atoms with E-state index in [1.165, 1.54) is 5.56 Å². The maximum Gasteiger partial charge on any atom is 0.233 e. The number of methoxy groups -OCH3 is 1. The third-order valence-corrected chi connectivity index (χ3v) is 6.13. The van der Waals surface area contributed by atoms with Crippen molar-refractivity contribution >= 4 is 11.7 Å². The van der Waals surface area contributed by atoms with Crippen LogP contribution < -0.4 is 15.0 Å². The molecule has 1 aromatic heterocycles. The van der Waals surface area contributed by atoms with E-state index in [1.807, 2.05) is 12.1 Å². The lowest BCUT2D eigenvalue weighted by molar-refractivity contribution is -0.126. The van der Waals surface area contributed by atoms with E-state index < -0.39 is 0 Å². The topological polar surface area (TPSA) is 70.6 Å². The molecule has 1 N–H and O–H groups in total. The minimum Gasteiger partial charge on any atom is -0.480 e. The maximum atomic E-state index is 12.9. The molecule has 2 saturated heterocycles. The molecular weight excluding hydrogens is 378 g/mol. The van der Waals surface area contributed by atoms with Crippen LogP contribution in [0.15, 0.2) is 42.5 Å². The highest BCUT2D eigenvalue weighted by Crippen LogP contribution is 2.23. The molecule has 4 rings (SSSR count). The van der Waals surface area contributed by atoms with Gasteiger partial charge in [-0.05, 0) is 37.3 Å². The van der Waals surface area contributed by atoms with Gasteiger partial charge in [-0.1, -0.05) is 30.3 Å². The molecule has 2 aliphatic heterocycles. The molecule has 1 amide bonds. The van der Waals surface area contributed by atoms with Crippen LogP contribution in [0, 0.1) is 5.92 Å². The number of likely N-dealkylation sites (tertiary alicyclic amines) is 1. The van der Waals surface area contributed by atoms with Crippen molar-refractivity contribution in [3.8, 4) is 5.88 Å². The van der Waals surface area contributed by atoms with E-state index in [9.17, 15) is 4.79 Å². The first kappa shape index (κ1) is 20.6. The van der Waals surface area contributed by atoms with Gasteiger partial charge in [0.2, 0.25) is 11.8 Å². The van der Waals surface area contributed by atoms with Crippen molar-refractivity contribution < 1.29 is 9.53 Å². The summed E-state index contributed by atoms with van der Waals surface area (Å²) in [7, 11) is 1.58. The molecule has 2 aromatic rings. The second-order valence-electron chi connectivity index (χ2n) is 8.26. The molecule has 0 aliphatic carbocycles. The van der Waals surface area contributed by atoms with Crippen molar-refractivity contribution in [3.63, 3.8) is 0 Å². The largest absolute Gasteiger partial charge is 0.480 e. The number of anilines is 1. The van der Waals surface area contributed by atoms with E-state index in [0.29, 0.717) is 12.4 Å². The zero-order valence-corrected chi connectivity index (χ0v) is 17.7. The van der Waals surface area contributed by atoms with E-state index in [0.717, 1.165) is 57.7 Å². The molecule has 1 unspecified atom stereocenters. The van der Waals surface area contributed by atoms with Crippen molar-refractivity contribution in [3.05, 3.63) is 48.0 Å². The van der Waals surface area contributed by atoms with Crippen LogP contribution in [0.3, 0.4) is 0 Å². The average molecular weight is 410 g/mol. The van der Waals surface area contributed by atoms with Crippen LogP contribution in [0.1, 0.15) is 31.2 Å². The molecule has 160 valence electrons. The Labute approximate surface area is 178 Å². The Kier molecular flexibility index (Phi) is 6.79. The number of rotatable bonds is 6. The molecule has 0 spiro atoms. The Hall–Kier alpha value is -2.67. The van der Waals surface area contributed by atoms with Gasteiger partial charge in [0, 0.05) is 44.8 Å². The Balaban J connectivity index is 1.24. The number of benzene rings is 1. The van der Waals surface area contributed by atoms with Gasteiger partial charge in [-0.3, -0.25) is 9.69 Å². The van der Waals surface area contributed by atoms with Gasteiger partial charge in [0.25, 0.3) is 0 Å². The molecule has 0 saturated carbocycles. The third-order valence-electron chi connectivity index (χ3n) is 6.13. The standard InChI is InChI=1S/C23H31N5O2/c1-30-22-10-9-21(25-26-22)28-13-5-8-19(17-28)23(29)24-20-11-14-27(15-12-20)16-18-6-3-2-4-7-18/h2-4,6-7,9-10,19-20H,5,8,11-17H2,1H3,(H,24,29). The lowest BCUT2D eigenvalue weighted by Crippen LogP contribution is -2.49. The molecule has 30 heavy (non-hydrogen) atoms. The van der Waals surface area contributed by atoms with E-state index in [1.54, 1.807) is 7.11 Å². The van der Waals surface area contributed by atoms with E-state index >= 15 is 0 Å². The SMILES string of the molecule is COc1ccc(N2CCCC(C(=O)NC3CCN(Cc4ccccc4)CC3)C2)nn1. The van der Waals surface area contributed by atoms with Gasteiger partial charge in [0.05, 0.1) is 13.0 Å². The van der Waals surface area contributed by atoms with Crippen LogP contribution in [0.2, 0.25) is 0 Å². The fourth-order valence-corrected chi connectivity index (χ4v) is 4.39. The summed E-state index contributed by atoms with van der Waals surface area (Å²) in [4.78, 5) is 17.5. The Morgan fingerprint density at radius 3 is 2.57 bits per heavy atom. The summed E-state index contributed by atoms with van der Waals surface area (Å²) in [6, 6.07) is 14.6. The minimum atomic E-state index is 0.00463. The van der Waals surface area contributed by atoms with Crippen molar-refractivity contribution in [1.29, 1.82) is 0 Å². The van der Waals surface area contributed by atoms with Gasteiger partial charge in [-0.15, -0.1) is 10.2 Å². The zero-order valence-electron chi connectivity index (χ0n) is 17.7. The number of hydrogen-bond donors (Lipinski definition) is 1. The second-order valence-corrected chi connectivity index (χ2v) is 8.26. The number of carbonyl (C=O) groups is 1. The van der Waals surface area contributed by atoms with Gasteiger partial charge >= 0.3 is 0 Å². The number of carbonyl (C=O) groups excluding carboxylic acids is 1. The molecule has 7 heteroatoms. The highest BCUT2D eigenvalue weighted by molar-refractivity contribution is 5.79. The predicted molar refractivity (Wildman–Crippen MR) is 116 cm³/mol. The van der Waals surface area contributed by atoms with Crippen LogP contribution in [0.25, 0.3) is 0 Å². The summed E-state index contributed by atoms with van der Waals surface area (Å²) in [6.07, 6.45) is 3.94. The summed E-state index contributed by atoms with van der Waals surface area (Å²) in [6.45, 7) is 4.64. The van der Waals surface area contributed by atoms with Gasteiger partial charge < -0.3 is 15.0 Å². The first-order valence-electron chi connectivity index (χ1n) is 10.9. The van der Waals surface area contributed by atoms with E-state index in [4.69, 9.17) is 4.74 Å². The molecule has 2 aliphatic rings. The minimum absolute atomic E-state index is 0.00463. The molecule has 0 bridgehead atoms. The number of piperidine rings is 2. The lowest BCUT2D eigenvalue weighted by Gasteiger charge is -2.35. The van der Waals surface area contributed by atoms with Crippen LogP contribution >= 0.6 is 0 Å². The molecular formula is C23H31N5O2.